The fourth-order valence-corrected chi connectivity index (χ4v) is 3.44. The Hall–Kier alpha value is -3.74. The Kier molecular flexibility index (Phi) is 4.72. The van der Waals surface area contributed by atoms with Crippen molar-refractivity contribution in [2.75, 3.05) is 5.32 Å². The van der Waals surface area contributed by atoms with E-state index >= 15 is 0 Å². The largest absolute Gasteiger partial charge is 0.319 e. The minimum absolute atomic E-state index is 0.206. The SMILES string of the molecule is CCn1nc(C(=O)Nc2ccccc2-n2nc(C)cc2C)c2ccccc2c1=O. The Morgan fingerprint density at radius 2 is 1.69 bits per heavy atom. The summed E-state index contributed by atoms with van der Waals surface area (Å²) in [6.07, 6.45) is 0. The van der Waals surface area contributed by atoms with Crippen molar-refractivity contribution in [3.63, 3.8) is 0 Å². The number of aryl methyl sites for hydroxylation is 3. The van der Waals surface area contributed by atoms with Crippen LogP contribution < -0.4 is 10.9 Å². The maximum atomic E-state index is 13.2. The molecule has 0 aliphatic carbocycles. The number of hydrogen-bond acceptors (Lipinski definition) is 4. The van der Waals surface area contributed by atoms with Gasteiger partial charge in [0.2, 0.25) is 0 Å². The summed E-state index contributed by atoms with van der Waals surface area (Å²) < 4.78 is 3.10. The minimum atomic E-state index is -0.377. The van der Waals surface area contributed by atoms with E-state index in [0.29, 0.717) is 23.0 Å². The molecule has 7 nitrogen and oxygen atoms in total. The third kappa shape index (κ3) is 3.31. The van der Waals surface area contributed by atoms with Crippen LogP contribution in [0.2, 0.25) is 0 Å². The standard InChI is InChI=1S/C22H21N5O2/c1-4-26-22(29)17-10-6-5-9-16(17)20(25-26)21(28)23-18-11-7-8-12-19(18)27-15(3)13-14(2)24-27/h5-13H,4H2,1-3H3,(H,23,28). The van der Waals surface area contributed by atoms with Crippen LogP contribution in [0, 0.1) is 13.8 Å². The van der Waals surface area contributed by atoms with Crippen LogP contribution in [0.15, 0.2) is 59.4 Å². The van der Waals surface area contributed by atoms with E-state index in [-0.39, 0.29) is 17.2 Å². The van der Waals surface area contributed by atoms with Gasteiger partial charge in [-0.3, -0.25) is 9.59 Å². The highest BCUT2D eigenvalue weighted by Gasteiger charge is 2.18. The number of carbonyl (C=O) groups is 1. The third-order valence-corrected chi connectivity index (χ3v) is 4.77. The molecule has 2 aromatic heterocycles. The fourth-order valence-electron chi connectivity index (χ4n) is 3.44. The first kappa shape index (κ1) is 18.6. The second-order valence-electron chi connectivity index (χ2n) is 6.83. The number of amides is 1. The molecule has 0 aliphatic rings. The van der Waals surface area contributed by atoms with Crippen LogP contribution in [-0.2, 0) is 6.54 Å². The van der Waals surface area contributed by atoms with Gasteiger partial charge < -0.3 is 5.32 Å². The topological polar surface area (TPSA) is 81.8 Å². The molecular formula is C22H21N5O2. The van der Waals surface area contributed by atoms with Gasteiger partial charge in [0, 0.05) is 17.6 Å². The van der Waals surface area contributed by atoms with Gasteiger partial charge in [0.05, 0.1) is 22.5 Å². The summed E-state index contributed by atoms with van der Waals surface area (Å²) in [4.78, 5) is 25.7. The maximum absolute atomic E-state index is 13.2. The number of carbonyl (C=O) groups excluding carboxylic acids is 1. The average Bonchev–Trinajstić information content (AvgIpc) is 3.06. The molecular weight excluding hydrogens is 366 g/mol. The van der Waals surface area contributed by atoms with Crippen molar-refractivity contribution >= 4 is 22.4 Å². The van der Waals surface area contributed by atoms with Gasteiger partial charge in [-0.2, -0.15) is 10.2 Å². The molecule has 0 bridgehead atoms. The smallest absolute Gasteiger partial charge is 0.276 e. The van der Waals surface area contributed by atoms with E-state index in [2.05, 4.69) is 15.5 Å². The second-order valence-corrected chi connectivity index (χ2v) is 6.83. The quantitative estimate of drug-likeness (QED) is 0.581. The summed E-state index contributed by atoms with van der Waals surface area (Å²) in [6.45, 7) is 6.09. The van der Waals surface area contributed by atoms with E-state index in [0.717, 1.165) is 17.1 Å². The zero-order chi connectivity index (χ0) is 20.5. The number of aromatic nitrogens is 4. The first-order chi connectivity index (χ1) is 14.0. The van der Waals surface area contributed by atoms with E-state index in [9.17, 15) is 9.59 Å². The van der Waals surface area contributed by atoms with Crippen LogP contribution in [0.1, 0.15) is 28.8 Å². The lowest BCUT2D eigenvalue weighted by Crippen LogP contribution is -2.27. The summed E-state index contributed by atoms with van der Waals surface area (Å²) in [5.41, 5.74) is 3.25. The van der Waals surface area contributed by atoms with Gasteiger partial charge in [-0.1, -0.05) is 30.3 Å². The zero-order valence-corrected chi connectivity index (χ0v) is 16.5. The van der Waals surface area contributed by atoms with Crippen molar-refractivity contribution in [3.05, 3.63) is 82.0 Å². The lowest BCUT2D eigenvalue weighted by Gasteiger charge is -2.14. The molecule has 146 valence electrons. The number of nitrogens with one attached hydrogen (secondary N) is 1. The van der Waals surface area contributed by atoms with Gasteiger partial charge in [-0.15, -0.1) is 0 Å². The minimum Gasteiger partial charge on any atom is -0.319 e. The van der Waals surface area contributed by atoms with Crippen LogP contribution >= 0.6 is 0 Å². The predicted octanol–water partition coefficient (Wildman–Crippen LogP) is 3.47. The number of nitrogens with zero attached hydrogens (tertiary/aromatic N) is 4. The van der Waals surface area contributed by atoms with E-state index < -0.39 is 0 Å². The summed E-state index contributed by atoms with van der Waals surface area (Å²) in [7, 11) is 0. The predicted molar refractivity (Wildman–Crippen MR) is 113 cm³/mol. The monoisotopic (exact) mass is 387 g/mol. The molecule has 0 saturated heterocycles. The van der Waals surface area contributed by atoms with Crippen LogP contribution in [0.5, 0.6) is 0 Å². The van der Waals surface area contributed by atoms with Crippen LogP contribution in [0.3, 0.4) is 0 Å². The number of benzene rings is 2. The number of para-hydroxylation sites is 2. The number of fused-ring (bicyclic) bond motifs is 1. The van der Waals surface area contributed by atoms with Crippen molar-refractivity contribution in [2.45, 2.75) is 27.3 Å². The van der Waals surface area contributed by atoms with Crippen molar-refractivity contribution in [3.8, 4) is 5.69 Å². The van der Waals surface area contributed by atoms with Gasteiger partial charge in [0.15, 0.2) is 5.69 Å². The molecule has 1 amide bonds. The number of anilines is 1. The number of hydrogen-bond donors (Lipinski definition) is 1. The van der Waals surface area contributed by atoms with Crippen molar-refractivity contribution in [2.24, 2.45) is 0 Å². The molecule has 0 saturated carbocycles. The van der Waals surface area contributed by atoms with E-state index in [1.54, 1.807) is 28.9 Å². The molecule has 0 spiro atoms. The molecule has 0 atom stereocenters. The summed E-state index contributed by atoms with van der Waals surface area (Å²) in [5, 5.41) is 12.8. The Morgan fingerprint density at radius 1 is 1.00 bits per heavy atom. The Morgan fingerprint density at radius 3 is 2.38 bits per heavy atom. The molecule has 0 radical (unpaired) electrons. The molecule has 0 unspecified atom stereocenters. The molecule has 29 heavy (non-hydrogen) atoms. The highest BCUT2D eigenvalue weighted by molar-refractivity contribution is 6.11. The summed E-state index contributed by atoms with van der Waals surface area (Å²) in [6, 6.07) is 16.5. The normalized spacial score (nSPS) is 11.0. The van der Waals surface area contributed by atoms with Crippen LogP contribution in [0.4, 0.5) is 5.69 Å². The third-order valence-electron chi connectivity index (χ3n) is 4.77. The molecule has 0 aliphatic heterocycles. The first-order valence-corrected chi connectivity index (χ1v) is 9.43. The van der Waals surface area contributed by atoms with Gasteiger partial charge in [0.25, 0.3) is 11.5 Å². The maximum Gasteiger partial charge on any atom is 0.276 e. The highest BCUT2D eigenvalue weighted by Crippen LogP contribution is 2.23. The Balaban J connectivity index is 1.80. The van der Waals surface area contributed by atoms with Crippen molar-refractivity contribution < 1.29 is 4.79 Å². The molecule has 4 aromatic rings. The summed E-state index contributed by atoms with van der Waals surface area (Å²) in [5.74, 6) is -0.377. The van der Waals surface area contributed by atoms with Crippen molar-refractivity contribution in [1.29, 1.82) is 0 Å². The number of rotatable bonds is 4. The van der Waals surface area contributed by atoms with Gasteiger partial charge >= 0.3 is 0 Å². The molecule has 2 heterocycles. The first-order valence-electron chi connectivity index (χ1n) is 9.43. The van der Waals surface area contributed by atoms with Crippen LogP contribution in [-0.4, -0.2) is 25.5 Å². The van der Waals surface area contributed by atoms with E-state index in [4.69, 9.17) is 0 Å². The second kappa shape index (κ2) is 7.35. The molecule has 1 N–H and O–H groups in total. The van der Waals surface area contributed by atoms with Crippen molar-refractivity contribution in [1.82, 2.24) is 19.6 Å². The lowest BCUT2D eigenvalue weighted by molar-refractivity contribution is 0.102. The van der Waals surface area contributed by atoms with Gasteiger partial charge in [-0.05, 0) is 45.0 Å². The molecule has 2 aromatic carbocycles. The van der Waals surface area contributed by atoms with E-state index in [1.807, 2.05) is 51.1 Å². The lowest BCUT2D eigenvalue weighted by atomic mass is 10.1. The Labute approximate surface area is 167 Å². The molecule has 0 fully saturated rings. The average molecular weight is 387 g/mol. The van der Waals surface area contributed by atoms with E-state index in [1.165, 1.54) is 4.68 Å². The molecule has 7 heteroatoms. The van der Waals surface area contributed by atoms with Gasteiger partial charge in [0.1, 0.15) is 0 Å². The highest BCUT2D eigenvalue weighted by atomic mass is 16.2. The Bertz CT molecular complexity index is 1290. The zero-order valence-electron chi connectivity index (χ0n) is 16.5. The van der Waals surface area contributed by atoms with Crippen LogP contribution in [0.25, 0.3) is 16.5 Å². The fraction of sp³-hybridized carbons (Fsp3) is 0.182. The summed E-state index contributed by atoms with van der Waals surface area (Å²) >= 11 is 0. The van der Waals surface area contributed by atoms with Gasteiger partial charge in [-0.25, -0.2) is 9.36 Å². The molecule has 4 rings (SSSR count).